The van der Waals surface area contributed by atoms with E-state index >= 15 is 0 Å². The second kappa shape index (κ2) is 10.2. The Hall–Kier alpha value is -4.12. The van der Waals surface area contributed by atoms with Gasteiger partial charge in [0.05, 0.1) is 6.42 Å². The van der Waals surface area contributed by atoms with Gasteiger partial charge in [-0.3, -0.25) is 10.1 Å². The second-order valence-corrected chi connectivity index (χ2v) is 8.59. The molecule has 34 heavy (non-hydrogen) atoms. The van der Waals surface area contributed by atoms with E-state index in [4.69, 9.17) is 4.74 Å². The number of hydrogen-bond donors (Lipinski definition) is 2. The number of carbonyl (C=O) groups excluding carboxylic acids is 1. The number of benzene rings is 2. The zero-order chi connectivity index (χ0) is 24.1. The Morgan fingerprint density at radius 2 is 1.91 bits per heavy atom. The summed E-state index contributed by atoms with van der Waals surface area (Å²) in [5.74, 6) is 0.667. The molecule has 2 aromatic heterocycles. The molecule has 0 aliphatic rings. The molecule has 0 aliphatic carbocycles. The van der Waals surface area contributed by atoms with Gasteiger partial charge in [0, 0.05) is 36.5 Å². The van der Waals surface area contributed by atoms with Crippen molar-refractivity contribution in [1.29, 1.82) is 0 Å². The SMILES string of the molecule is Cc1nc(Nc2ncc(CC(=O)Nc3cccc(F)c3)s2)nc(Oc2ccc(N(C)C)cc2)n1. The van der Waals surface area contributed by atoms with Crippen LogP contribution in [0.25, 0.3) is 0 Å². The Balaban J connectivity index is 1.39. The summed E-state index contributed by atoms with van der Waals surface area (Å²) < 4.78 is 19.1. The van der Waals surface area contributed by atoms with E-state index in [2.05, 4.69) is 30.6 Å². The van der Waals surface area contributed by atoms with E-state index < -0.39 is 5.82 Å². The maximum absolute atomic E-state index is 13.3. The topological polar surface area (TPSA) is 105 Å². The molecule has 2 heterocycles. The number of hydrogen-bond acceptors (Lipinski definition) is 9. The lowest BCUT2D eigenvalue weighted by Gasteiger charge is -2.12. The predicted octanol–water partition coefficient (Wildman–Crippen LogP) is 4.56. The molecule has 1 amide bonds. The fraction of sp³-hybridized carbons (Fsp3) is 0.174. The van der Waals surface area contributed by atoms with Crippen molar-refractivity contribution in [3.8, 4) is 11.8 Å². The van der Waals surface area contributed by atoms with Gasteiger partial charge in [0.2, 0.25) is 11.9 Å². The largest absolute Gasteiger partial charge is 0.424 e. The van der Waals surface area contributed by atoms with Crippen LogP contribution in [0, 0.1) is 12.7 Å². The summed E-state index contributed by atoms with van der Waals surface area (Å²) in [5, 5.41) is 6.20. The minimum absolute atomic E-state index is 0.101. The summed E-state index contributed by atoms with van der Waals surface area (Å²) in [6.45, 7) is 1.74. The molecule has 0 fully saturated rings. The van der Waals surface area contributed by atoms with Crippen LogP contribution in [0.4, 0.5) is 26.8 Å². The van der Waals surface area contributed by atoms with Crippen LogP contribution >= 0.6 is 11.3 Å². The average Bonchev–Trinajstić information content (AvgIpc) is 3.20. The molecule has 4 rings (SSSR count). The molecule has 0 unspecified atom stereocenters. The van der Waals surface area contributed by atoms with Gasteiger partial charge in [-0.25, -0.2) is 9.37 Å². The van der Waals surface area contributed by atoms with Gasteiger partial charge in [0.1, 0.15) is 17.4 Å². The van der Waals surface area contributed by atoms with Crippen molar-refractivity contribution in [1.82, 2.24) is 19.9 Å². The first-order valence-electron chi connectivity index (χ1n) is 10.3. The van der Waals surface area contributed by atoms with E-state index in [0.717, 1.165) is 10.6 Å². The Bertz CT molecular complexity index is 1290. The van der Waals surface area contributed by atoms with Crippen LogP contribution in [0.1, 0.15) is 10.7 Å². The third-order valence-electron chi connectivity index (χ3n) is 4.50. The molecule has 9 nitrogen and oxygen atoms in total. The van der Waals surface area contributed by atoms with E-state index in [1.165, 1.54) is 29.5 Å². The maximum Gasteiger partial charge on any atom is 0.327 e. The minimum atomic E-state index is -0.413. The summed E-state index contributed by atoms with van der Waals surface area (Å²) >= 11 is 1.29. The van der Waals surface area contributed by atoms with E-state index in [0.29, 0.717) is 22.4 Å². The van der Waals surface area contributed by atoms with Crippen LogP contribution in [-0.2, 0) is 11.2 Å². The van der Waals surface area contributed by atoms with Crippen molar-refractivity contribution >= 4 is 39.7 Å². The number of halogens is 1. The van der Waals surface area contributed by atoms with Gasteiger partial charge in [0.25, 0.3) is 0 Å². The highest BCUT2D eigenvalue weighted by Gasteiger charge is 2.12. The highest BCUT2D eigenvalue weighted by atomic mass is 32.1. The number of nitrogens with zero attached hydrogens (tertiary/aromatic N) is 5. The fourth-order valence-corrected chi connectivity index (χ4v) is 3.75. The van der Waals surface area contributed by atoms with Gasteiger partial charge in [-0.1, -0.05) is 6.07 Å². The number of nitrogens with one attached hydrogen (secondary N) is 2. The zero-order valence-corrected chi connectivity index (χ0v) is 19.6. The first-order chi connectivity index (χ1) is 16.3. The molecule has 0 radical (unpaired) electrons. The Kier molecular flexibility index (Phi) is 6.93. The summed E-state index contributed by atoms with van der Waals surface area (Å²) in [6.07, 6.45) is 1.69. The molecule has 0 aliphatic heterocycles. The summed E-state index contributed by atoms with van der Waals surface area (Å²) in [7, 11) is 3.92. The maximum atomic E-state index is 13.3. The van der Waals surface area contributed by atoms with Crippen LogP contribution in [0.5, 0.6) is 11.8 Å². The van der Waals surface area contributed by atoms with Gasteiger partial charge in [-0.05, 0) is 49.4 Å². The molecule has 11 heteroatoms. The van der Waals surface area contributed by atoms with Crippen molar-refractivity contribution in [2.45, 2.75) is 13.3 Å². The Labute approximate surface area is 199 Å². The molecular weight excluding hydrogens is 457 g/mol. The molecule has 2 aromatic carbocycles. The highest BCUT2D eigenvalue weighted by molar-refractivity contribution is 7.15. The quantitative estimate of drug-likeness (QED) is 0.379. The van der Waals surface area contributed by atoms with Gasteiger partial charge < -0.3 is 15.0 Å². The number of carbonyl (C=O) groups is 1. The van der Waals surface area contributed by atoms with E-state index in [1.54, 1.807) is 19.2 Å². The summed E-state index contributed by atoms with van der Waals surface area (Å²) in [6, 6.07) is 13.4. The number of rotatable bonds is 8. The number of aryl methyl sites for hydroxylation is 1. The lowest BCUT2D eigenvalue weighted by molar-refractivity contribution is -0.115. The molecule has 2 N–H and O–H groups in total. The van der Waals surface area contributed by atoms with Gasteiger partial charge in [-0.2, -0.15) is 15.0 Å². The van der Waals surface area contributed by atoms with Gasteiger partial charge in [-0.15, -0.1) is 11.3 Å². The molecule has 0 bridgehead atoms. The van der Waals surface area contributed by atoms with Crippen molar-refractivity contribution < 1.29 is 13.9 Å². The molecule has 0 saturated carbocycles. The van der Waals surface area contributed by atoms with Crippen LogP contribution in [0.15, 0.2) is 54.7 Å². The first kappa shape index (κ1) is 23.1. The second-order valence-electron chi connectivity index (χ2n) is 7.47. The number of ether oxygens (including phenoxy) is 1. The van der Waals surface area contributed by atoms with Crippen molar-refractivity contribution in [2.75, 3.05) is 29.6 Å². The van der Waals surface area contributed by atoms with E-state index in [-0.39, 0.29) is 24.3 Å². The third-order valence-corrected chi connectivity index (χ3v) is 5.42. The monoisotopic (exact) mass is 479 g/mol. The highest BCUT2D eigenvalue weighted by Crippen LogP contribution is 2.25. The summed E-state index contributed by atoms with van der Waals surface area (Å²) in [5.41, 5.74) is 1.45. The smallest absolute Gasteiger partial charge is 0.327 e. The standard InChI is InChI=1S/C23H22FN7O2S/c1-14-26-21(29-22(27-14)33-18-9-7-17(8-10-18)31(2)3)30-23-25-13-19(34-23)12-20(32)28-16-6-4-5-15(24)11-16/h4-11,13H,12H2,1-3H3,(H,28,32)(H,25,26,27,29,30). The third kappa shape index (κ3) is 6.23. The lowest BCUT2D eigenvalue weighted by atomic mass is 10.3. The predicted molar refractivity (Wildman–Crippen MR) is 130 cm³/mol. The van der Waals surface area contributed by atoms with E-state index in [1.807, 2.05) is 43.3 Å². The Morgan fingerprint density at radius 1 is 1.12 bits per heavy atom. The van der Waals surface area contributed by atoms with Crippen molar-refractivity contribution in [3.05, 3.63) is 71.2 Å². The lowest BCUT2D eigenvalue weighted by Crippen LogP contribution is -2.13. The van der Waals surface area contributed by atoms with Crippen LogP contribution < -0.4 is 20.3 Å². The van der Waals surface area contributed by atoms with Gasteiger partial charge in [0.15, 0.2) is 5.13 Å². The molecule has 174 valence electrons. The number of amides is 1. The molecule has 0 atom stereocenters. The van der Waals surface area contributed by atoms with Crippen molar-refractivity contribution in [3.63, 3.8) is 0 Å². The van der Waals surface area contributed by atoms with Crippen LogP contribution in [-0.4, -0.2) is 39.9 Å². The Morgan fingerprint density at radius 3 is 2.65 bits per heavy atom. The number of thiazole rings is 1. The molecule has 0 spiro atoms. The number of anilines is 4. The molecule has 0 saturated heterocycles. The van der Waals surface area contributed by atoms with Crippen LogP contribution in [0.2, 0.25) is 0 Å². The van der Waals surface area contributed by atoms with Gasteiger partial charge >= 0.3 is 6.01 Å². The average molecular weight is 480 g/mol. The molecule has 4 aromatic rings. The number of aromatic nitrogens is 4. The molecular formula is C23H22FN7O2S. The van der Waals surface area contributed by atoms with Crippen LogP contribution in [0.3, 0.4) is 0 Å². The summed E-state index contributed by atoms with van der Waals surface area (Å²) in [4.78, 5) is 32.0. The van der Waals surface area contributed by atoms with E-state index in [9.17, 15) is 9.18 Å². The fourth-order valence-electron chi connectivity index (χ4n) is 2.95. The first-order valence-corrected chi connectivity index (χ1v) is 11.1. The van der Waals surface area contributed by atoms with Crippen molar-refractivity contribution in [2.24, 2.45) is 0 Å². The minimum Gasteiger partial charge on any atom is -0.424 e. The zero-order valence-electron chi connectivity index (χ0n) is 18.7. The normalized spacial score (nSPS) is 10.6.